The van der Waals surface area contributed by atoms with Gasteiger partial charge in [0.25, 0.3) is 0 Å². The zero-order valence-electron chi connectivity index (χ0n) is 18.6. The van der Waals surface area contributed by atoms with E-state index in [0.29, 0.717) is 23.2 Å². The predicted octanol–water partition coefficient (Wildman–Crippen LogP) is 4.99. The first-order valence-corrected chi connectivity index (χ1v) is 10.9. The molecule has 7 nitrogen and oxygen atoms in total. The van der Waals surface area contributed by atoms with Crippen molar-refractivity contribution in [1.82, 2.24) is 19.7 Å². The average Bonchev–Trinajstić information content (AvgIpc) is 3.50. The van der Waals surface area contributed by atoms with Crippen molar-refractivity contribution < 1.29 is 22.8 Å². The van der Waals surface area contributed by atoms with Crippen LogP contribution in [0.3, 0.4) is 0 Å². The van der Waals surface area contributed by atoms with Crippen LogP contribution < -0.4 is 5.73 Å². The molecular weight excluding hydrogens is 459 g/mol. The molecule has 0 atom stereocenters. The number of halogens is 3. The number of rotatable bonds is 6. The Bertz CT molecular complexity index is 1530. The second kappa shape index (κ2) is 8.23. The molecule has 178 valence electrons. The molecule has 1 aliphatic carbocycles. The number of nitrogens with two attached hydrogens (primary N) is 1. The molecule has 2 heterocycles. The number of hydrogen-bond donors (Lipinski definition) is 2. The minimum absolute atomic E-state index is 0.186. The van der Waals surface area contributed by atoms with Gasteiger partial charge in [-0.3, -0.25) is 9.59 Å². The normalized spacial score (nSPS) is 13.2. The van der Waals surface area contributed by atoms with Gasteiger partial charge in [0.05, 0.1) is 34.9 Å². The molecule has 35 heavy (non-hydrogen) atoms. The van der Waals surface area contributed by atoms with E-state index in [0.717, 1.165) is 22.4 Å². The number of nitrogen functional groups attached to an aromatic ring is 1. The maximum atomic E-state index is 13.2. The molecule has 0 saturated carbocycles. The number of allylic oxidation sites excluding steroid dienone is 1. The Morgan fingerprint density at radius 3 is 2.74 bits per heavy atom. The van der Waals surface area contributed by atoms with Gasteiger partial charge in [-0.1, -0.05) is 12.1 Å². The topological polar surface area (TPSA) is 107 Å². The first-order chi connectivity index (χ1) is 16.6. The molecule has 0 radical (unpaired) electrons. The highest BCUT2D eigenvalue weighted by Crippen LogP contribution is 2.31. The number of Topliss-reactive ketones (excluding diaryl/α,β-unsaturated/α-hetero) is 2. The van der Waals surface area contributed by atoms with Crippen LogP contribution in [0.2, 0.25) is 0 Å². The maximum absolute atomic E-state index is 13.2. The number of aromatic nitrogens is 4. The fraction of sp³-hybridized carbons (Fsp3) is 0.200. The van der Waals surface area contributed by atoms with Crippen LogP contribution in [0.5, 0.6) is 0 Å². The first-order valence-electron chi connectivity index (χ1n) is 10.9. The zero-order chi connectivity index (χ0) is 24.9. The van der Waals surface area contributed by atoms with Gasteiger partial charge in [-0.15, -0.1) is 0 Å². The lowest BCUT2D eigenvalue weighted by atomic mass is 10.0. The monoisotopic (exact) mass is 479 g/mol. The number of alkyl halides is 3. The fourth-order valence-electron chi connectivity index (χ4n) is 4.22. The van der Waals surface area contributed by atoms with Crippen molar-refractivity contribution in [3.05, 3.63) is 76.2 Å². The van der Waals surface area contributed by atoms with Crippen molar-refractivity contribution in [3.63, 3.8) is 0 Å². The van der Waals surface area contributed by atoms with Crippen LogP contribution in [-0.4, -0.2) is 37.5 Å². The summed E-state index contributed by atoms with van der Waals surface area (Å²) < 4.78 is 38.8. The van der Waals surface area contributed by atoms with Crippen LogP contribution in [0, 0.1) is 6.92 Å². The molecule has 0 amide bonds. The molecule has 10 heteroatoms. The Balaban J connectivity index is 1.38. The van der Waals surface area contributed by atoms with E-state index in [1.54, 1.807) is 12.1 Å². The molecule has 1 aliphatic rings. The molecule has 2 aromatic heterocycles. The third kappa shape index (κ3) is 4.34. The standard InChI is InChI=1S/C25H20F3N5O2/c1-13-31-20-5-4-18(11-21(20)32-13)33-24(29)19(12-30-33)23(35)17-8-14-2-3-15(9-16(14)10-17)22(34)6-7-25(26,27)28/h2-5,9-12H,6-8,29H2,1H3,(H,31,32). The van der Waals surface area contributed by atoms with Crippen LogP contribution in [0.15, 0.2) is 48.2 Å². The molecular formula is C25H20F3N5O2. The molecule has 0 unspecified atom stereocenters. The fourth-order valence-corrected chi connectivity index (χ4v) is 4.22. The lowest BCUT2D eigenvalue weighted by Gasteiger charge is -2.06. The van der Waals surface area contributed by atoms with Crippen molar-refractivity contribution in [2.45, 2.75) is 32.4 Å². The average molecular weight is 479 g/mol. The van der Waals surface area contributed by atoms with E-state index in [-0.39, 0.29) is 22.7 Å². The number of benzene rings is 2. The van der Waals surface area contributed by atoms with Crippen molar-refractivity contribution in [2.75, 3.05) is 5.73 Å². The van der Waals surface area contributed by atoms with Crippen LogP contribution in [-0.2, 0) is 6.42 Å². The summed E-state index contributed by atoms with van der Waals surface area (Å²) in [7, 11) is 0. The summed E-state index contributed by atoms with van der Waals surface area (Å²) in [6, 6.07) is 10.2. The van der Waals surface area contributed by atoms with E-state index < -0.39 is 24.8 Å². The number of carbonyl (C=O) groups excluding carboxylic acids is 2. The van der Waals surface area contributed by atoms with Crippen molar-refractivity contribution >= 4 is 34.5 Å². The SMILES string of the molecule is Cc1nc2ccc(-n3ncc(C(=O)C4=Cc5cc(C(=O)CCC(F)(F)F)ccc5C4)c3N)cc2[nH]1. The number of ketones is 2. The number of nitrogens with one attached hydrogen (secondary N) is 1. The van der Waals surface area contributed by atoms with Gasteiger partial charge in [-0.25, -0.2) is 9.67 Å². The van der Waals surface area contributed by atoms with Crippen LogP contribution in [0.25, 0.3) is 22.8 Å². The number of nitrogens with zero attached hydrogens (tertiary/aromatic N) is 3. The van der Waals surface area contributed by atoms with Crippen LogP contribution in [0.1, 0.15) is 50.5 Å². The molecule has 0 aliphatic heterocycles. The van der Waals surface area contributed by atoms with Gasteiger partial charge in [0, 0.05) is 24.0 Å². The van der Waals surface area contributed by atoms with E-state index in [2.05, 4.69) is 15.1 Å². The lowest BCUT2D eigenvalue weighted by Crippen LogP contribution is -2.11. The number of imidazole rings is 1. The second-order valence-electron chi connectivity index (χ2n) is 8.51. The Morgan fingerprint density at radius 1 is 1.17 bits per heavy atom. The summed E-state index contributed by atoms with van der Waals surface area (Å²) in [5, 5.41) is 4.29. The summed E-state index contributed by atoms with van der Waals surface area (Å²) in [5.74, 6) is 0.0754. The number of fused-ring (bicyclic) bond motifs is 2. The van der Waals surface area contributed by atoms with E-state index in [1.807, 2.05) is 25.1 Å². The molecule has 0 bridgehead atoms. The van der Waals surface area contributed by atoms with Gasteiger partial charge in [0.2, 0.25) is 0 Å². The highest BCUT2D eigenvalue weighted by Gasteiger charge is 2.29. The molecule has 2 aromatic carbocycles. The van der Waals surface area contributed by atoms with E-state index >= 15 is 0 Å². The summed E-state index contributed by atoms with van der Waals surface area (Å²) in [5.41, 5.74) is 10.9. The Hall–Kier alpha value is -4.21. The van der Waals surface area contributed by atoms with Crippen molar-refractivity contribution in [3.8, 4) is 5.69 Å². The number of aromatic amines is 1. The Labute approximate surface area is 197 Å². The molecule has 0 fully saturated rings. The Kier molecular flexibility index (Phi) is 5.31. The summed E-state index contributed by atoms with van der Waals surface area (Å²) in [6.45, 7) is 1.85. The van der Waals surface area contributed by atoms with Crippen molar-refractivity contribution in [1.29, 1.82) is 0 Å². The maximum Gasteiger partial charge on any atom is 0.389 e. The smallest absolute Gasteiger partial charge is 0.383 e. The van der Waals surface area contributed by atoms with Crippen LogP contribution in [0.4, 0.5) is 19.0 Å². The quantitative estimate of drug-likeness (QED) is 0.379. The van der Waals surface area contributed by atoms with Gasteiger partial charge in [-0.2, -0.15) is 18.3 Å². The number of hydrogen-bond acceptors (Lipinski definition) is 5. The third-order valence-corrected chi connectivity index (χ3v) is 5.99. The summed E-state index contributed by atoms with van der Waals surface area (Å²) >= 11 is 0. The summed E-state index contributed by atoms with van der Waals surface area (Å²) in [4.78, 5) is 32.9. The number of carbonyl (C=O) groups is 2. The Morgan fingerprint density at radius 2 is 1.97 bits per heavy atom. The molecule has 0 spiro atoms. The first kappa shape index (κ1) is 22.6. The second-order valence-corrected chi connectivity index (χ2v) is 8.51. The minimum Gasteiger partial charge on any atom is -0.383 e. The van der Waals surface area contributed by atoms with Gasteiger partial charge in [-0.05, 0) is 48.4 Å². The molecule has 3 N–H and O–H groups in total. The van der Waals surface area contributed by atoms with Gasteiger partial charge < -0.3 is 10.7 Å². The number of H-pyrrole nitrogens is 1. The van der Waals surface area contributed by atoms with E-state index in [4.69, 9.17) is 5.73 Å². The summed E-state index contributed by atoms with van der Waals surface area (Å²) in [6.07, 6.45) is -2.78. The molecule has 5 rings (SSSR count). The largest absolute Gasteiger partial charge is 0.389 e. The van der Waals surface area contributed by atoms with Gasteiger partial charge >= 0.3 is 6.18 Å². The highest BCUT2D eigenvalue weighted by molar-refractivity contribution is 6.15. The predicted molar refractivity (Wildman–Crippen MR) is 124 cm³/mol. The minimum atomic E-state index is -4.39. The molecule has 0 saturated heterocycles. The third-order valence-electron chi connectivity index (χ3n) is 5.99. The van der Waals surface area contributed by atoms with Gasteiger partial charge in [0.1, 0.15) is 11.6 Å². The van der Waals surface area contributed by atoms with Crippen LogP contribution >= 0.6 is 0 Å². The highest BCUT2D eigenvalue weighted by atomic mass is 19.4. The van der Waals surface area contributed by atoms with E-state index in [1.165, 1.54) is 23.0 Å². The number of anilines is 1. The lowest BCUT2D eigenvalue weighted by molar-refractivity contribution is -0.133. The molecule has 4 aromatic rings. The van der Waals surface area contributed by atoms with Crippen molar-refractivity contribution in [2.24, 2.45) is 0 Å². The number of aryl methyl sites for hydroxylation is 1. The van der Waals surface area contributed by atoms with E-state index in [9.17, 15) is 22.8 Å². The zero-order valence-corrected chi connectivity index (χ0v) is 18.6. The van der Waals surface area contributed by atoms with Gasteiger partial charge in [0.15, 0.2) is 11.6 Å².